The van der Waals surface area contributed by atoms with Crippen molar-refractivity contribution in [3.63, 3.8) is 0 Å². The first-order valence-corrected chi connectivity index (χ1v) is 5.76. The van der Waals surface area contributed by atoms with Gasteiger partial charge in [-0.05, 0) is 30.2 Å². The molecule has 2 heteroatoms. The van der Waals surface area contributed by atoms with Gasteiger partial charge in [-0.15, -0.1) is 0 Å². The Hall–Kier alpha value is -1.93. The number of aliphatic hydroxyl groups is 1. The van der Waals surface area contributed by atoms with E-state index in [-0.39, 0.29) is 6.61 Å². The zero-order chi connectivity index (χ0) is 11.7. The number of rotatable bonds is 2. The highest BCUT2D eigenvalue weighted by Gasteiger charge is 2.00. The zero-order valence-electron chi connectivity index (χ0n) is 9.43. The van der Waals surface area contributed by atoms with Gasteiger partial charge in [0.15, 0.2) is 0 Å². The van der Waals surface area contributed by atoms with Crippen LogP contribution >= 0.6 is 0 Å². The molecule has 0 saturated carbocycles. The Labute approximate surface area is 99.5 Å². The summed E-state index contributed by atoms with van der Waals surface area (Å²) in [6, 6.07) is 16.4. The minimum absolute atomic E-state index is 0.180. The number of hydrogen-bond donors (Lipinski definition) is 1. The second kappa shape index (κ2) is 4.15. The highest BCUT2D eigenvalue weighted by atomic mass is 16.2. The van der Waals surface area contributed by atoms with Crippen LogP contribution in [0.2, 0.25) is 0 Å². The van der Waals surface area contributed by atoms with E-state index in [9.17, 15) is 0 Å². The first-order valence-electron chi connectivity index (χ1n) is 5.76. The Morgan fingerprint density at radius 3 is 2.59 bits per heavy atom. The molecular formula is C15H13NO. The van der Waals surface area contributed by atoms with Crippen molar-refractivity contribution in [1.29, 1.82) is 0 Å². The summed E-state index contributed by atoms with van der Waals surface area (Å²) >= 11 is 0. The Morgan fingerprint density at radius 2 is 1.71 bits per heavy atom. The lowest BCUT2D eigenvalue weighted by Crippen LogP contribution is -1.91. The average molecular weight is 223 g/mol. The maximum absolute atomic E-state index is 8.94. The van der Waals surface area contributed by atoms with E-state index in [1.54, 1.807) is 0 Å². The normalized spacial score (nSPS) is 11.1. The summed E-state index contributed by atoms with van der Waals surface area (Å²) < 4.78 is 0. The fraction of sp³-hybridized carbons (Fsp3) is 0.133. The number of nitrogens with zero attached hydrogens (tertiary/aromatic N) is 1. The van der Waals surface area contributed by atoms with Crippen molar-refractivity contribution in [2.75, 3.05) is 6.61 Å². The molecule has 1 N–H and O–H groups in total. The van der Waals surface area contributed by atoms with Crippen LogP contribution in [0.3, 0.4) is 0 Å². The smallest absolute Gasteiger partial charge is 0.0712 e. The van der Waals surface area contributed by atoms with E-state index < -0.39 is 0 Å². The highest BCUT2D eigenvalue weighted by molar-refractivity contribution is 5.92. The summed E-state index contributed by atoms with van der Waals surface area (Å²) in [5, 5.41) is 11.2. The molecule has 2 aromatic carbocycles. The Bertz CT molecular complexity index is 676. The fourth-order valence-corrected chi connectivity index (χ4v) is 2.10. The van der Waals surface area contributed by atoms with Crippen LogP contribution < -0.4 is 0 Å². The molecular weight excluding hydrogens is 210 g/mol. The molecule has 0 bridgehead atoms. The summed E-state index contributed by atoms with van der Waals surface area (Å²) in [5.41, 5.74) is 3.14. The van der Waals surface area contributed by atoms with Crippen molar-refractivity contribution >= 4 is 21.8 Å². The third-order valence-corrected chi connectivity index (χ3v) is 2.98. The number of aliphatic hydroxyl groups excluding tert-OH is 1. The minimum Gasteiger partial charge on any atom is -0.396 e. The maximum Gasteiger partial charge on any atom is 0.0712 e. The lowest BCUT2D eigenvalue weighted by atomic mass is 10.1. The molecule has 0 unspecified atom stereocenters. The van der Waals surface area contributed by atoms with Crippen molar-refractivity contribution in [3.8, 4) is 0 Å². The molecule has 3 rings (SSSR count). The van der Waals surface area contributed by atoms with Gasteiger partial charge >= 0.3 is 0 Å². The van der Waals surface area contributed by atoms with Crippen molar-refractivity contribution in [2.45, 2.75) is 6.42 Å². The molecule has 0 aliphatic heterocycles. The molecule has 0 atom stereocenters. The molecule has 2 nitrogen and oxygen atoms in total. The van der Waals surface area contributed by atoms with Crippen LogP contribution in [0.5, 0.6) is 0 Å². The van der Waals surface area contributed by atoms with E-state index in [0.717, 1.165) is 27.4 Å². The van der Waals surface area contributed by atoms with Crippen molar-refractivity contribution in [1.82, 2.24) is 4.98 Å². The van der Waals surface area contributed by atoms with Gasteiger partial charge in [0.05, 0.1) is 11.0 Å². The fourth-order valence-electron chi connectivity index (χ4n) is 2.10. The van der Waals surface area contributed by atoms with Crippen LogP contribution in [0.15, 0.2) is 48.5 Å². The van der Waals surface area contributed by atoms with E-state index in [0.29, 0.717) is 6.42 Å². The summed E-state index contributed by atoms with van der Waals surface area (Å²) in [6.07, 6.45) is 0.685. The quantitative estimate of drug-likeness (QED) is 0.677. The molecule has 0 aliphatic carbocycles. The van der Waals surface area contributed by atoms with E-state index in [2.05, 4.69) is 35.3 Å². The van der Waals surface area contributed by atoms with Gasteiger partial charge in [-0.2, -0.15) is 0 Å². The van der Waals surface area contributed by atoms with Gasteiger partial charge in [0.2, 0.25) is 0 Å². The van der Waals surface area contributed by atoms with Gasteiger partial charge < -0.3 is 5.11 Å². The summed E-state index contributed by atoms with van der Waals surface area (Å²) in [5.74, 6) is 0. The molecule has 3 aromatic rings. The predicted molar refractivity (Wildman–Crippen MR) is 70.0 cm³/mol. The van der Waals surface area contributed by atoms with Gasteiger partial charge in [-0.3, -0.25) is 0 Å². The van der Waals surface area contributed by atoms with Crippen molar-refractivity contribution in [3.05, 3.63) is 54.1 Å². The Balaban J connectivity index is 2.25. The lowest BCUT2D eigenvalue weighted by molar-refractivity contribution is 0.299. The summed E-state index contributed by atoms with van der Waals surface area (Å²) in [6.45, 7) is 0.180. The summed E-state index contributed by atoms with van der Waals surface area (Å²) in [4.78, 5) is 4.64. The standard InChI is InChI=1S/C15H13NO/c17-8-7-11-5-6-13-10-12-3-1-2-4-14(12)16-15(13)9-11/h1-6,9-10,17H,7-8H2. The van der Waals surface area contributed by atoms with Crippen LogP contribution in [0, 0.1) is 0 Å². The third-order valence-electron chi connectivity index (χ3n) is 2.98. The van der Waals surface area contributed by atoms with Crippen molar-refractivity contribution < 1.29 is 5.11 Å². The van der Waals surface area contributed by atoms with Gasteiger partial charge in [-0.25, -0.2) is 4.98 Å². The van der Waals surface area contributed by atoms with E-state index in [1.165, 1.54) is 0 Å². The third kappa shape index (κ3) is 1.87. The van der Waals surface area contributed by atoms with Gasteiger partial charge in [0, 0.05) is 17.4 Å². The van der Waals surface area contributed by atoms with Crippen LogP contribution in [-0.2, 0) is 6.42 Å². The lowest BCUT2D eigenvalue weighted by Gasteiger charge is -2.03. The molecule has 0 amide bonds. The number of fused-ring (bicyclic) bond motifs is 2. The van der Waals surface area contributed by atoms with E-state index >= 15 is 0 Å². The second-order valence-corrected chi connectivity index (χ2v) is 4.18. The number of aromatic nitrogens is 1. The number of benzene rings is 2. The van der Waals surface area contributed by atoms with E-state index in [4.69, 9.17) is 5.11 Å². The average Bonchev–Trinajstić information content (AvgIpc) is 2.36. The Morgan fingerprint density at radius 1 is 0.882 bits per heavy atom. The van der Waals surface area contributed by atoms with Gasteiger partial charge in [-0.1, -0.05) is 30.3 Å². The van der Waals surface area contributed by atoms with Crippen molar-refractivity contribution in [2.24, 2.45) is 0 Å². The predicted octanol–water partition coefficient (Wildman–Crippen LogP) is 2.92. The SMILES string of the molecule is OCCc1ccc2cc3ccccc3nc2c1. The molecule has 1 heterocycles. The molecule has 1 aromatic heterocycles. The number of para-hydroxylation sites is 1. The maximum atomic E-state index is 8.94. The van der Waals surface area contributed by atoms with Crippen LogP contribution in [0.25, 0.3) is 21.8 Å². The summed E-state index contributed by atoms with van der Waals surface area (Å²) in [7, 11) is 0. The number of pyridine rings is 1. The molecule has 0 aliphatic rings. The van der Waals surface area contributed by atoms with E-state index in [1.807, 2.05) is 18.2 Å². The Kier molecular flexibility index (Phi) is 2.50. The minimum atomic E-state index is 0.180. The molecule has 0 spiro atoms. The molecule has 84 valence electrons. The van der Waals surface area contributed by atoms with Crippen LogP contribution in [0.1, 0.15) is 5.56 Å². The zero-order valence-corrected chi connectivity index (χ0v) is 9.43. The monoisotopic (exact) mass is 223 g/mol. The molecule has 0 fully saturated rings. The van der Waals surface area contributed by atoms with Crippen LogP contribution in [-0.4, -0.2) is 16.7 Å². The number of hydrogen-bond acceptors (Lipinski definition) is 2. The first kappa shape index (κ1) is 10.2. The molecule has 0 radical (unpaired) electrons. The molecule has 17 heavy (non-hydrogen) atoms. The van der Waals surface area contributed by atoms with Crippen LogP contribution in [0.4, 0.5) is 0 Å². The largest absolute Gasteiger partial charge is 0.396 e. The molecule has 0 saturated heterocycles. The second-order valence-electron chi connectivity index (χ2n) is 4.18. The topological polar surface area (TPSA) is 33.1 Å². The highest BCUT2D eigenvalue weighted by Crippen LogP contribution is 2.20. The first-order chi connectivity index (χ1) is 8.36. The van der Waals surface area contributed by atoms with Gasteiger partial charge in [0.25, 0.3) is 0 Å². The van der Waals surface area contributed by atoms with Gasteiger partial charge in [0.1, 0.15) is 0 Å².